The minimum Gasteiger partial charge on any atom is -0.609 e. The second kappa shape index (κ2) is 7.05. The predicted molar refractivity (Wildman–Crippen MR) is 79.7 cm³/mol. The number of aromatic nitrogens is 2. The van der Waals surface area contributed by atoms with Gasteiger partial charge in [-0.25, -0.2) is 8.78 Å². The Morgan fingerprint density at radius 2 is 2.00 bits per heavy atom. The molecule has 0 amide bonds. The van der Waals surface area contributed by atoms with E-state index in [1.54, 1.807) is 6.92 Å². The maximum atomic E-state index is 13.7. The summed E-state index contributed by atoms with van der Waals surface area (Å²) in [7, 11) is 1.000. The molecule has 0 aliphatic rings. The van der Waals surface area contributed by atoms with E-state index in [1.807, 2.05) is 0 Å². The monoisotopic (exact) mass is 359 g/mol. The lowest BCUT2D eigenvalue weighted by Crippen LogP contribution is -2.15. The quantitative estimate of drug-likeness (QED) is 0.378. The van der Waals surface area contributed by atoms with Crippen molar-refractivity contribution in [1.29, 1.82) is 0 Å². The molecule has 24 heavy (non-hydrogen) atoms. The van der Waals surface area contributed by atoms with Crippen LogP contribution in [-0.4, -0.2) is 33.2 Å². The number of carbonyl (C=O) groups is 1. The Morgan fingerprint density at radius 3 is 2.54 bits per heavy atom. The number of ether oxygens (including phenoxy) is 1. The van der Waals surface area contributed by atoms with Gasteiger partial charge in [0.15, 0.2) is 17.4 Å². The third-order valence-corrected chi connectivity index (χ3v) is 4.20. The molecule has 0 saturated heterocycles. The zero-order valence-corrected chi connectivity index (χ0v) is 13.4. The van der Waals surface area contributed by atoms with Crippen molar-refractivity contribution in [3.8, 4) is 5.75 Å². The number of nitrogens with zero attached hydrogens (tertiary/aromatic N) is 2. The molecule has 0 bridgehead atoms. The Hall–Kier alpha value is -2.33. The fraction of sp³-hybridized carbons (Fsp3) is 0.214. The highest BCUT2D eigenvalue weighted by molar-refractivity contribution is 7.91. The van der Waals surface area contributed by atoms with Crippen LogP contribution in [0.3, 0.4) is 0 Å². The third kappa shape index (κ3) is 3.15. The Balaban J connectivity index is 2.54. The van der Waals surface area contributed by atoms with Gasteiger partial charge < -0.3 is 15.0 Å². The maximum absolute atomic E-state index is 13.7. The highest BCUT2D eigenvalue weighted by Gasteiger charge is 2.27. The SMILES string of the molecule is CC[S+]([O-])c1ncc(C(=O)c2cc(F)c(F)c(F)c2OC)c(N)n1. The van der Waals surface area contributed by atoms with Gasteiger partial charge in [0.2, 0.25) is 11.6 Å². The summed E-state index contributed by atoms with van der Waals surface area (Å²) >= 11 is -1.49. The van der Waals surface area contributed by atoms with Crippen LogP contribution in [0.5, 0.6) is 5.75 Å². The molecule has 0 aliphatic carbocycles. The first-order valence-electron chi connectivity index (χ1n) is 6.58. The molecule has 1 heterocycles. The molecule has 0 radical (unpaired) electrons. The molecule has 1 atom stereocenters. The maximum Gasteiger partial charge on any atom is 0.344 e. The lowest BCUT2D eigenvalue weighted by Gasteiger charge is -2.11. The van der Waals surface area contributed by atoms with Crippen molar-refractivity contribution in [3.63, 3.8) is 0 Å². The number of nitrogens with two attached hydrogens (primary N) is 1. The molecule has 2 rings (SSSR count). The molecular formula is C14H12F3N3O3S. The lowest BCUT2D eigenvalue weighted by atomic mass is 10.0. The number of hydrogen-bond acceptors (Lipinski definition) is 6. The van der Waals surface area contributed by atoms with E-state index >= 15 is 0 Å². The highest BCUT2D eigenvalue weighted by Crippen LogP contribution is 2.30. The molecule has 1 aromatic carbocycles. The van der Waals surface area contributed by atoms with Gasteiger partial charge >= 0.3 is 5.16 Å². The summed E-state index contributed by atoms with van der Waals surface area (Å²) in [5, 5.41) is -0.0741. The van der Waals surface area contributed by atoms with Gasteiger partial charge in [-0.05, 0) is 13.0 Å². The highest BCUT2D eigenvalue weighted by atomic mass is 32.2. The molecule has 0 spiro atoms. The van der Waals surface area contributed by atoms with E-state index in [4.69, 9.17) is 5.73 Å². The number of anilines is 1. The molecule has 0 fully saturated rings. The van der Waals surface area contributed by atoms with Crippen molar-refractivity contribution in [3.05, 3.63) is 40.8 Å². The number of ketones is 1. The van der Waals surface area contributed by atoms with Crippen molar-refractivity contribution >= 4 is 22.8 Å². The van der Waals surface area contributed by atoms with Crippen LogP contribution in [0.25, 0.3) is 0 Å². The van der Waals surface area contributed by atoms with Gasteiger partial charge in [0.25, 0.3) is 0 Å². The fourth-order valence-corrected chi connectivity index (χ4v) is 2.51. The van der Waals surface area contributed by atoms with Gasteiger partial charge in [-0.3, -0.25) is 4.79 Å². The van der Waals surface area contributed by atoms with Crippen LogP contribution in [0, 0.1) is 17.5 Å². The molecule has 1 unspecified atom stereocenters. The van der Waals surface area contributed by atoms with E-state index in [2.05, 4.69) is 14.7 Å². The number of rotatable bonds is 5. The second-order valence-corrected chi connectivity index (χ2v) is 6.12. The molecule has 6 nitrogen and oxygen atoms in total. The molecule has 128 valence electrons. The molecule has 0 saturated carbocycles. The van der Waals surface area contributed by atoms with Crippen LogP contribution in [0.15, 0.2) is 17.4 Å². The smallest absolute Gasteiger partial charge is 0.344 e. The number of nitrogen functional groups attached to an aromatic ring is 1. The first-order valence-corrected chi connectivity index (χ1v) is 7.90. The minimum absolute atomic E-state index is 0.0741. The summed E-state index contributed by atoms with van der Waals surface area (Å²) in [5.74, 6) is -6.76. The summed E-state index contributed by atoms with van der Waals surface area (Å²) in [5.41, 5.74) is 4.78. The zero-order chi connectivity index (χ0) is 18.0. The van der Waals surface area contributed by atoms with Gasteiger partial charge in [0.05, 0.1) is 18.2 Å². The fourth-order valence-electron chi connectivity index (χ4n) is 1.88. The first kappa shape index (κ1) is 18.0. The standard InChI is InChI=1S/C14H12F3N3O3S/c1-3-24(22)14-19-5-7(13(18)20-14)11(21)6-4-8(15)9(16)10(17)12(6)23-2/h4-5H,3H2,1-2H3,(H2,18,19,20). The van der Waals surface area contributed by atoms with Crippen LogP contribution in [0.4, 0.5) is 19.0 Å². The Morgan fingerprint density at radius 1 is 1.33 bits per heavy atom. The summed E-state index contributed by atoms with van der Waals surface area (Å²) in [6, 6.07) is 0.497. The average Bonchev–Trinajstić information content (AvgIpc) is 2.58. The van der Waals surface area contributed by atoms with E-state index < -0.39 is 45.7 Å². The predicted octanol–water partition coefficient (Wildman–Crippen LogP) is 1.84. The molecule has 0 aliphatic heterocycles. The van der Waals surface area contributed by atoms with E-state index in [1.165, 1.54) is 0 Å². The number of hydrogen-bond donors (Lipinski definition) is 1. The van der Waals surface area contributed by atoms with E-state index in [0.717, 1.165) is 13.3 Å². The second-order valence-electron chi connectivity index (χ2n) is 4.48. The molecule has 2 N–H and O–H groups in total. The summed E-state index contributed by atoms with van der Waals surface area (Å²) in [6.45, 7) is 1.64. The van der Waals surface area contributed by atoms with Crippen molar-refractivity contribution in [2.45, 2.75) is 12.1 Å². The Labute approximate surface area is 138 Å². The van der Waals surface area contributed by atoms with Gasteiger partial charge in [0.1, 0.15) is 11.6 Å². The first-order chi connectivity index (χ1) is 11.3. The number of methoxy groups -OCH3 is 1. The van der Waals surface area contributed by atoms with Gasteiger partial charge in [-0.2, -0.15) is 14.4 Å². The topological polar surface area (TPSA) is 101 Å². The van der Waals surface area contributed by atoms with Crippen LogP contribution in [0.1, 0.15) is 22.8 Å². The molecule has 2 aromatic rings. The lowest BCUT2D eigenvalue weighted by molar-refractivity contribution is 0.103. The number of halogens is 3. The van der Waals surface area contributed by atoms with Crippen molar-refractivity contribution in [1.82, 2.24) is 9.97 Å². The Bertz CT molecular complexity index is 805. The van der Waals surface area contributed by atoms with E-state index in [9.17, 15) is 22.5 Å². The minimum atomic E-state index is -1.76. The van der Waals surface area contributed by atoms with Crippen LogP contribution in [-0.2, 0) is 11.2 Å². The van der Waals surface area contributed by atoms with Crippen molar-refractivity contribution in [2.24, 2.45) is 0 Å². The van der Waals surface area contributed by atoms with Crippen LogP contribution >= 0.6 is 0 Å². The van der Waals surface area contributed by atoms with Crippen LogP contribution in [0.2, 0.25) is 0 Å². The van der Waals surface area contributed by atoms with Crippen molar-refractivity contribution < 1.29 is 27.3 Å². The summed E-state index contributed by atoms with van der Waals surface area (Å²) < 4.78 is 56.7. The summed E-state index contributed by atoms with van der Waals surface area (Å²) in [6.07, 6.45) is 0.992. The van der Waals surface area contributed by atoms with Gasteiger partial charge in [-0.15, -0.1) is 0 Å². The molecule has 1 aromatic heterocycles. The van der Waals surface area contributed by atoms with E-state index in [0.29, 0.717) is 6.07 Å². The number of carbonyl (C=O) groups excluding carboxylic acids is 1. The number of benzene rings is 1. The molecule has 10 heteroatoms. The van der Waals surface area contributed by atoms with Crippen LogP contribution < -0.4 is 10.5 Å². The average molecular weight is 359 g/mol. The zero-order valence-electron chi connectivity index (χ0n) is 12.6. The summed E-state index contributed by atoms with van der Waals surface area (Å²) in [4.78, 5) is 20.0. The Kier molecular flexibility index (Phi) is 5.30. The normalized spacial score (nSPS) is 12.1. The van der Waals surface area contributed by atoms with Gasteiger partial charge in [0, 0.05) is 17.4 Å². The molecular weight excluding hydrogens is 347 g/mol. The van der Waals surface area contributed by atoms with E-state index in [-0.39, 0.29) is 22.3 Å². The largest absolute Gasteiger partial charge is 0.609 e. The van der Waals surface area contributed by atoms with Gasteiger partial charge in [-0.1, -0.05) is 0 Å². The third-order valence-electron chi connectivity index (χ3n) is 3.07. The van der Waals surface area contributed by atoms with Crippen molar-refractivity contribution in [2.75, 3.05) is 18.6 Å².